The van der Waals surface area contributed by atoms with Gasteiger partial charge in [0.15, 0.2) is 0 Å². The number of piperidine rings is 1. The molecule has 4 N–H and O–H groups in total. The number of nitrogens with two attached hydrogens (primary N) is 1. The van der Waals surface area contributed by atoms with Gasteiger partial charge in [-0.1, -0.05) is 48.3 Å². The number of para-hydroxylation sites is 1. The van der Waals surface area contributed by atoms with Crippen molar-refractivity contribution < 1.29 is 9.59 Å². The first-order chi connectivity index (χ1) is 14.4. The van der Waals surface area contributed by atoms with Gasteiger partial charge in [-0.2, -0.15) is 13.5 Å². The van der Waals surface area contributed by atoms with E-state index >= 15 is 0 Å². The van der Waals surface area contributed by atoms with Crippen LogP contribution in [0.25, 0.3) is 0 Å². The maximum atomic E-state index is 12.6. The second-order valence-corrected chi connectivity index (χ2v) is 8.35. The first-order valence-corrected chi connectivity index (χ1v) is 10.8. The molecule has 0 radical (unpaired) electrons. The minimum Gasteiger partial charge on any atom is -0.330 e. The number of halogens is 2. The highest BCUT2D eigenvalue weighted by molar-refractivity contribution is 7.59. The predicted molar refractivity (Wildman–Crippen MR) is 133 cm³/mol. The molecule has 9 heteroatoms. The van der Waals surface area contributed by atoms with Gasteiger partial charge in [-0.15, -0.1) is 0 Å². The lowest BCUT2D eigenvalue weighted by Crippen LogP contribution is -2.40. The van der Waals surface area contributed by atoms with E-state index in [1.165, 1.54) is 5.56 Å². The van der Waals surface area contributed by atoms with E-state index in [-0.39, 0.29) is 31.4 Å². The zero-order valence-corrected chi connectivity index (χ0v) is 19.8. The summed E-state index contributed by atoms with van der Waals surface area (Å²) in [6.07, 6.45) is 1.72. The van der Waals surface area contributed by atoms with Gasteiger partial charge in [-0.25, -0.2) is 4.79 Å². The van der Waals surface area contributed by atoms with Crippen LogP contribution in [0, 0.1) is 5.92 Å². The molecule has 0 spiro atoms. The highest BCUT2D eigenvalue weighted by atomic mass is 35.5. The third kappa shape index (κ3) is 6.53. The minimum absolute atomic E-state index is 0. The normalized spacial score (nSPS) is 15.0. The number of nitrogens with zero attached hydrogens (tertiary/aromatic N) is 1. The first kappa shape index (κ1) is 25.3. The molecule has 1 aliphatic rings. The van der Waals surface area contributed by atoms with E-state index in [9.17, 15) is 9.59 Å². The standard InChI is InChI=1S/C22H26Cl2N4O2.H2S/c1-14(13-25)21(29)26-17-7-5-15(6-8-17)16-9-11-28(12-10-16)22(30)27-20-18(23)3-2-4-19(20)24;/h2-8,14,16H,9-13,25H2,1H3,(H,26,29)(H,27,30);1H2. The first-order valence-electron chi connectivity index (χ1n) is 10.00. The van der Waals surface area contributed by atoms with Crippen molar-refractivity contribution in [2.75, 3.05) is 30.3 Å². The molecule has 0 saturated carbocycles. The molecular weight excluding hydrogens is 455 g/mol. The number of nitrogens with one attached hydrogen (secondary N) is 2. The number of hydrogen-bond acceptors (Lipinski definition) is 3. The average molecular weight is 483 g/mol. The van der Waals surface area contributed by atoms with Crippen LogP contribution in [0.15, 0.2) is 42.5 Å². The number of anilines is 2. The fourth-order valence-corrected chi connectivity index (χ4v) is 3.92. The van der Waals surface area contributed by atoms with E-state index in [4.69, 9.17) is 28.9 Å². The summed E-state index contributed by atoms with van der Waals surface area (Å²) in [5.41, 5.74) is 7.94. The molecule has 168 valence electrons. The Morgan fingerprint density at radius 3 is 2.19 bits per heavy atom. The molecule has 31 heavy (non-hydrogen) atoms. The van der Waals surface area contributed by atoms with Gasteiger partial charge in [0.05, 0.1) is 15.7 Å². The van der Waals surface area contributed by atoms with E-state index < -0.39 is 0 Å². The van der Waals surface area contributed by atoms with Crippen molar-refractivity contribution in [1.29, 1.82) is 0 Å². The summed E-state index contributed by atoms with van der Waals surface area (Å²) in [6, 6.07) is 12.8. The van der Waals surface area contributed by atoms with Crippen LogP contribution in [0.3, 0.4) is 0 Å². The maximum Gasteiger partial charge on any atom is 0.321 e. The van der Waals surface area contributed by atoms with E-state index in [0.717, 1.165) is 18.5 Å². The zero-order valence-electron chi connectivity index (χ0n) is 17.3. The van der Waals surface area contributed by atoms with Crippen LogP contribution in [0.1, 0.15) is 31.2 Å². The number of urea groups is 1. The van der Waals surface area contributed by atoms with E-state index in [1.807, 2.05) is 24.3 Å². The predicted octanol–water partition coefficient (Wildman–Crippen LogP) is 5.05. The highest BCUT2D eigenvalue weighted by Crippen LogP contribution is 2.32. The molecule has 1 saturated heterocycles. The molecule has 2 aromatic rings. The molecule has 3 amide bonds. The average Bonchev–Trinajstić information content (AvgIpc) is 2.76. The largest absolute Gasteiger partial charge is 0.330 e. The van der Waals surface area contributed by atoms with Crippen molar-refractivity contribution >= 4 is 60.0 Å². The summed E-state index contributed by atoms with van der Waals surface area (Å²) in [5.74, 6) is 0.0645. The molecule has 1 heterocycles. The van der Waals surface area contributed by atoms with Crippen molar-refractivity contribution in [3.63, 3.8) is 0 Å². The van der Waals surface area contributed by atoms with Crippen molar-refractivity contribution in [1.82, 2.24) is 4.90 Å². The van der Waals surface area contributed by atoms with Gasteiger partial charge in [0.1, 0.15) is 0 Å². The summed E-state index contributed by atoms with van der Waals surface area (Å²) in [6.45, 7) is 3.40. The number of rotatable bonds is 5. The van der Waals surface area contributed by atoms with Crippen LogP contribution in [0.4, 0.5) is 16.2 Å². The monoisotopic (exact) mass is 482 g/mol. The van der Waals surface area contributed by atoms with Gasteiger partial charge in [0.2, 0.25) is 5.91 Å². The smallest absolute Gasteiger partial charge is 0.321 e. The number of benzene rings is 2. The van der Waals surface area contributed by atoms with Gasteiger partial charge in [0.25, 0.3) is 0 Å². The molecule has 1 atom stereocenters. The van der Waals surface area contributed by atoms with Gasteiger partial charge in [-0.3, -0.25) is 4.79 Å². The lowest BCUT2D eigenvalue weighted by molar-refractivity contribution is -0.119. The van der Waals surface area contributed by atoms with Gasteiger partial charge in [0, 0.05) is 31.2 Å². The maximum absolute atomic E-state index is 12.6. The number of carbonyl (C=O) groups is 2. The zero-order chi connectivity index (χ0) is 21.7. The Balaban J connectivity index is 0.00000341. The van der Waals surface area contributed by atoms with Crippen LogP contribution < -0.4 is 16.4 Å². The van der Waals surface area contributed by atoms with E-state index in [1.54, 1.807) is 30.0 Å². The second kappa shape index (κ2) is 11.6. The van der Waals surface area contributed by atoms with Crippen LogP contribution >= 0.6 is 36.7 Å². The topological polar surface area (TPSA) is 87.5 Å². The Kier molecular flexibility index (Phi) is 9.50. The Morgan fingerprint density at radius 2 is 1.65 bits per heavy atom. The molecule has 0 bridgehead atoms. The molecule has 6 nitrogen and oxygen atoms in total. The highest BCUT2D eigenvalue weighted by Gasteiger charge is 2.24. The van der Waals surface area contributed by atoms with Crippen molar-refractivity contribution in [3.8, 4) is 0 Å². The Bertz CT molecular complexity index is 883. The molecule has 1 aliphatic heterocycles. The Hall–Kier alpha value is -1.93. The number of likely N-dealkylation sites (tertiary alicyclic amines) is 1. The molecule has 2 aromatic carbocycles. The van der Waals surface area contributed by atoms with Crippen molar-refractivity contribution in [3.05, 3.63) is 58.1 Å². The van der Waals surface area contributed by atoms with Crippen LogP contribution in [0.2, 0.25) is 10.0 Å². The third-order valence-corrected chi connectivity index (χ3v) is 6.06. The summed E-state index contributed by atoms with van der Waals surface area (Å²) in [5, 5.41) is 6.52. The molecule has 1 fully saturated rings. The lowest BCUT2D eigenvalue weighted by atomic mass is 9.89. The Labute approximate surface area is 199 Å². The number of hydrogen-bond donors (Lipinski definition) is 3. The van der Waals surface area contributed by atoms with E-state index in [2.05, 4.69) is 10.6 Å². The summed E-state index contributed by atoms with van der Waals surface area (Å²) in [7, 11) is 0. The van der Waals surface area contributed by atoms with Crippen LogP contribution in [-0.2, 0) is 4.79 Å². The second-order valence-electron chi connectivity index (χ2n) is 7.54. The SMILES string of the molecule is CC(CN)C(=O)Nc1ccc(C2CCN(C(=O)Nc3c(Cl)cccc3Cl)CC2)cc1.S. The molecule has 0 aliphatic carbocycles. The number of amides is 3. The fourth-order valence-electron chi connectivity index (χ4n) is 3.43. The molecular formula is C22H28Cl2N4O2S. The molecule has 1 unspecified atom stereocenters. The third-order valence-electron chi connectivity index (χ3n) is 5.43. The van der Waals surface area contributed by atoms with Gasteiger partial charge in [-0.05, 0) is 48.6 Å². The summed E-state index contributed by atoms with van der Waals surface area (Å²) in [4.78, 5) is 26.3. The lowest BCUT2D eigenvalue weighted by Gasteiger charge is -2.32. The van der Waals surface area contributed by atoms with Gasteiger partial charge >= 0.3 is 6.03 Å². The quantitative estimate of drug-likeness (QED) is 0.556. The van der Waals surface area contributed by atoms with Crippen molar-refractivity contribution in [2.45, 2.75) is 25.7 Å². The molecule has 3 rings (SSSR count). The Morgan fingerprint density at radius 1 is 1.06 bits per heavy atom. The van der Waals surface area contributed by atoms with Crippen LogP contribution in [-0.4, -0.2) is 36.5 Å². The fraction of sp³-hybridized carbons (Fsp3) is 0.364. The number of carbonyl (C=O) groups excluding carboxylic acids is 2. The van der Waals surface area contributed by atoms with E-state index in [0.29, 0.717) is 41.3 Å². The summed E-state index contributed by atoms with van der Waals surface area (Å²) < 4.78 is 0. The van der Waals surface area contributed by atoms with Crippen molar-refractivity contribution in [2.24, 2.45) is 11.7 Å². The minimum atomic E-state index is -0.221. The summed E-state index contributed by atoms with van der Waals surface area (Å²) >= 11 is 12.3. The molecule has 0 aromatic heterocycles. The van der Waals surface area contributed by atoms with Crippen LogP contribution in [0.5, 0.6) is 0 Å². The van der Waals surface area contributed by atoms with Gasteiger partial charge < -0.3 is 21.3 Å².